The highest BCUT2D eigenvalue weighted by molar-refractivity contribution is 5.43. The molecule has 2 nitrogen and oxygen atoms in total. The van der Waals surface area contributed by atoms with Gasteiger partial charge in [0.1, 0.15) is 0 Å². The third kappa shape index (κ3) is 0.658. The maximum absolute atomic E-state index is 5.09. The van der Waals surface area contributed by atoms with Crippen molar-refractivity contribution >= 4 is 0 Å². The van der Waals surface area contributed by atoms with Crippen LogP contribution in [0.2, 0.25) is 0 Å². The lowest BCUT2D eigenvalue weighted by atomic mass is 10.3. The summed E-state index contributed by atoms with van der Waals surface area (Å²) in [5.41, 5.74) is 0. The fraction of sp³-hybridized carbons (Fsp3) is 0. The van der Waals surface area contributed by atoms with E-state index >= 15 is 0 Å². The van der Waals surface area contributed by atoms with Gasteiger partial charge in [-0.3, -0.25) is 0 Å². The van der Waals surface area contributed by atoms with Gasteiger partial charge in [0.2, 0.25) is 0 Å². The van der Waals surface area contributed by atoms with Crippen LogP contribution in [0, 0.1) is 0 Å². The first-order valence-corrected chi connectivity index (χ1v) is 3.00. The minimum atomic E-state index is 0.348. The van der Waals surface area contributed by atoms with E-state index in [0.29, 0.717) is 5.95 Å². The first kappa shape index (κ1) is 5.35. The summed E-state index contributed by atoms with van der Waals surface area (Å²) in [6.45, 7) is 3.52. The Kier molecular flexibility index (Phi) is 0.947. The molecule has 0 amide bonds. The van der Waals surface area contributed by atoms with Crippen molar-refractivity contribution < 1.29 is 9.47 Å². The van der Waals surface area contributed by atoms with Gasteiger partial charge in [-0.1, -0.05) is 12.1 Å². The molecule has 1 aliphatic heterocycles. The van der Waals surface area contributed by atoms with Gasteiger partial charge in [0.15, 0.2) is 11.5 Å². The van der Waals surface area contributed by atoms with Crippen LogP contribution in [0.5, 0.6) is 11.5 Å². The maximum Gasteiger partial charge on any atom is 0.282 e. The van der Waals surface area contributed by atoms with Gasteiger partial charge in [0.25, 0.3) is 5.95 Å². The summed E-state index contributed by atoms with van der Waals surface area (Å²) in [6, 6.07) is 7.46. The van der Waals surface area contributed by atoms with Crippen LogP contribution >= 0.6 is 0 Å². The molecular weight excluding hydrogens is 128 g/mol. The number of benzene rings is 1. The van der Waals surface area contributed by atoms with Crippen LogP contribution in [-0.4, -0.2) is 0 Å². The van der Waals surface area contributed by atoms with Crippen LogP contribution in [0.15, 0.2) is 36.8 Å². The van der Waals surface area contributed by atoms with E-state index in [-0.39, 0.29) is 0 Å². The van der Waals surface area contributed by atoms with Crippen LogP contribution in [0.4, 0.5) is 0 Å². The Morgan fingerprint density at radius 3 is 2.00 bits per heavy atom. The Morgan fingerprint density at radius 1 is 1.00 bits per heavy atom. The number of ether oxygens (including phenoxy) is 2. The molecule has 0 aliphatic carbocycles. The van der Waals surface area contributed by atoms with Crippen molar-refractivity contribution in [3.05, 3.63) is 36.8 Å². The third-order valence-corrected chi connectivity index (χ3v) is 1.30. The quantitative estimate of drug-likeness (QED) is 0.539. The summed E-state index contributed by atoms with van der Waals surface area (Å²) >= 11 is 0. The van der Waals surface area contributed by atoms with Crippen molar-refractivity contribution in [3.8, 4) is 11.5 Å². The van der Waals surface area contributed by atoms with E-state index in [9.17, 15) is 0 Å². The highest BCUT2D eigenvalue weighted by Crippen LogP contribution is 2.34. The van der Waals surface area contributed by atoms with Crippen molar-refractivity contribution in [3.63, 3.8) is 0 Å². The van der Waals surface area contributed by atoms with Gasteiger partial charge in [-0.05, 0) is 18.7 Å². The van der Waals surface area contributed by atoms with Gasteiger partial charge < -0.3 is 9.47 Å². The van der Waals surface area contributed by atoms with Gasteiger partial charge in [0.05, 0.1) is 0 Å². The molecule has 1 aliphatic rings. The highest BCUT2D eigenvalue weighted by atomic mass is 16.7. The molecule has 2 rings (SSSR count). The van der Waals surface area contributed by atoms with Crippen molar-refractivity contribution in [2.45, 2.75) is 0 Å². The summed E-state index contributed by atoms with van der Waals surface area (Å²) in [6.07, 6.45) is 0. The lowest BCUT2D eigenvalue weighted by Crippen LogP contribution is -1.88. The molecular formula is C8H6O2. The molecule has 0 unspecified atom stereocenters. The molecule has 0 saturated carbocycles. The van der Waals surface area contributed by atoms with Gasteiger partial charge in [0, 0.05) is 0 Å². The fourth-order valence-electron chi connectivity index (χ4n) is 0.885. The molecule has 1 aromatic rings. The number of fused-ring (bicyclic) bond motifs is 1. The van der Waals surface area contributed by atoms with Crippen molar-refractivity contribution in [1.29, 1.82) is 0 Å². The second-order valence-corrected chi connectivity index (χ2v) is 2.02. The molecule has 0 radical (unpaired) electrons. The predicted molar refractivity (Wildman–Crippen MR) is 36.8 cm³/mol. The lowest BCUT2D eigenvalue weighted by molar-refractivity contribution is 0.290. The second-order valence-electron chi connectivity index (χ2n) is 2.02. The van der Waals surface area contributed by atoms with Gasteiger partial charge in [-0.25, -0.2) is 0 Å². The standard InChI is InChI=1S/C8H6O2/c1-6-9-7-4-2-3-5-8(7)10-6/h2-5H,1H2. The summed E-state index contributed by atoms with van der Waals surface area (Å²) in [5.74, 6) is 1.83. The molecule has 0 spiro atoms. The smallest absolute Gasteiger partial charge is 0.282 e. The molecule has 0 N–H and O–H groups in total. The Balaban J connectivity index is 2.51. The van der Waals surface area contributed by atoms with E-state index in [1.165, 1.54) is 0 Å². The second kappa shape index (κ2) is 1.77. The Bertz CT molecular complexity index is 251. The summed E-state index contributed by atoms with van der Waals surface area (Å²) in [5, 5.41) is 0. The zero-order valence-corrected chi connectivity index (χ0v) is 5.33. The number of hydrogen-bond acceptors (Lipinski definition) is 2. The predicted octanol–water partition coefficient (Wildman–Crippen LogP) is 1.93. The van der Waals surface area contributed by atoms with E-state index in [2.05, 4.69) is 6.58 Å². The van der Waals surface area contributed by atoms with Gasteiger partial charge in [-0.15, -0.1) is 0 Å². The van der Waals surface area contributed by atoms with E-state index < -0.39 is 0 Å². The Labute approximate surface area is 58.7 Å². The maximum atomic E-state index is 5.09. The molecule has 1 heterocycles. The van der Waals surface area contributed by atoms with Gasteiger partial charge >= 0.3 is 0 Å². The van der Waals surface area contributed by atoms with Crippen LogP contribution < -0.4 is 9.47 Å². The first-order valence-electron chi connectivity index (χ1n) is 3.00. The molecule has 0 atom stereocenters. The normalized spacial score (nSPS) is 13.8. The average molecular weight is 134 g/mol. The van der Waals surface area contributed by atoms with Crippen molar-refractivity contribution in [2.75, 3.05) is 0 Å². The van der Waals surface area contributed by atoms with Crippen LogP contribution in [0.3, 0.4) is 0 Å². The summed E-state index contributed by atoms with van der Waals surface area (Å²) in [7, 11) is 0. The van der Waals surface area contributed by atoms with Crippen molar-refractivity contribution in [1.82, 2.24) is 0 Å². The average Bonchev–Trinajstić information content (AvgIpc) is 2.27. The van der Waals surface area contributed by atoms with Crippen molar-refractivity contribution in [2.24, 2.45) is 0 Å². The zero-order valence-electron chi connectivity index (χ0n) is 5.33. The largest absolute Gasteiger partial charge is 0.422 e. The van der Waals surface area contributed by atoms with Crippen LogP contribution in [0.1, 0.15) is 0 Å². The number of hydrogen-bond donors (Lipinski definition) is 0. The van der Waals surface area contributed by atoms with E-state index in [0.717, 1.165) is 11.5 Å². The SMILES string of the molecule is C=C1Oc2ccccc2O1. The summed E-state index contributed by atoms with van der Waals surface area (Å²) < 4.78 is 10.2. The minimum Gasteiger partial charge on any atom is -0.422 e. The minimum absolute atomic E-state index is 0.348. The lowest BCUT2D eigenvalue weighted by Gasteiger charge is -1.88. The molecule has 0 fully saturated rings. The Morgan fingerprint density at radius 2 is 1.50 bits per heavy atom. The van der Waals surface area contributed by atoms with Crippen LogP contribution in [-0.2, 0) is 0 Å². The van der Waals surface area contributed by atoms with Gasteiger partial charge in [-0.2, -0.15) is 0 Å². The fourth-order valence-corrected chi connectivity index (χ4v) is 0.885. The van der Waals surface area contributed by atoms with E-state index in [1.54, 1.807) is 0 Å². The van der Waals surface area contributed by atoms with Crippen LogP contribution in [0.25, 0.3) is 0 Å². The molecule has 50 valence electrons. The summed E-state index contributed by atoms with van der Waals surface area (Å²) in [4.78, 5) is 0. The molecule has 10 heavy (non-hydrogen) atoms. The van der Waals surface area contributed by atoms with E-state index in [4.69, 9.17) is 9.47 Å². The third-order valence-electron chi connectivity index (χ3n) is 1.30. The highest BCUT2D eigenvalue weighted by Gasteiger charge is 2.14. The number of para-hydroxylation sites is 2. The first-order chi connectivity index (χ1) is 4.86. The topological polar surface area (TPSA) is 18.5 Å². The monoisotopic (exact) mass is 134 g/mol. The molecule has 1 aromatic carbocycles. The number of rotatable bonds is 0. The molecule has 0 saturated heterocycles. The molecule has 2 heteroatoms. The van der Waals surface area contributed by atoms with E-state index in [1.807, 2.05) is 24.3 Å². The molecule has 0 aromatic heterocycles. The zero-order chi connectivity index (χ0) is 6.97. The molecule has 0 bridgehead atoms. The Hall–Kier alpha value is -1.44.